The summed E-state index contributed by atoms with van der Waals surface area (Å²) in [6, 6.07) is 5.07. The second-order valence-electron chi connectivity index (χ2n) is 19.7. The summed E-state index contributed by atoms with van der Waals surface area (Å²) in [5, 5.41) is 17.6. The number of methoxy groups -OCH3 is 2. The SMILES string of the molecule is COC[C@]12C[C@H]1[C@@](C)(c1cc(CC(=O)c3cnc(Cl)cn3)cc(F)c1F)N=C(N)S2.COC[C@]12C[C@H]1[C@@](C)(c1cc(CC(=O)c3cnc(OCC4CCC4)cn3)cc(F)c1F)N=C(N)S2.O=CO[O-].OCC1CCC1.[Cs+].[Cs+].[H-]. The molecule has 4 heterocycles. The molecule has 6 atom stereocenters. The molecule has 5 N–H and O–H groups in total. The Balaban J connectivity index is 0.000000278. The van der Waals surface area contributed by atoms with Crippen LogP contribution in [0.5, 0.6) is 5.88 Å². The van der Waals surface area contributed by atoms with Gasteiger partial charge in [0.05, 0.1) is 65.2 Å². The van der Waals surface area contributed by atoms with E-state index in [1.807, 2.05) is 0 Å². The first-order valence-electron chi connectivity index (χ1n) is 24.1. The number of carbonyl (C=O) groups excluding carboxylic acids is 3. The average Bonchev–Trinajstić information content (AvgIpc) is 4.26. The van der Waals surface area contributed by atoms with Crippen LogP contribution in [0, 0.1) is 46.9 Å². The number of carbonyl (C=O) groups is 3. The number of aromatic nitrogens is 4. The fourth-order valence-electron chi connectivity index (χ4n) is 9.97. The number of aliphatic imine (C=N–C) groups is 2. The Morgan fingerprint density at radius 1 is 0.753 bits per heavy atom. The van der Waals surface area contributed by atoms with Crippen LogP contribution in [0.2, 0.25) is 5.15 Å². The molecule has 406 valence electrons. The zero-order valence-electron chi connectivity index (χ0n) is 44.7. The molecule has 0 saturated heterocycles. The molecular formula is C51H59ClCs2F4N8O9S2. The van der Waals surface area contributed by atoms with Gasteiger partial charge in [0.25, 0.3) is 6.47 Å². The van der Waals surface area contributed by atoms with Crippen LogP contribution in [0.3, 0.4) is 0 Å². The number of ketones is 2. The van der Waals surface area contributed by atoms with Gasteiger partial charge in [-0.15, -0.1) is 0 Å². The number of fused-ring (bicyclic) bond motifs is 2. The summed E-state index contributed by atoms with van der Waals surface area (Å²) >= 11 is 8.53. The van der Waals surface area contributed by atoms with Crippen LogP contribution in [-0.2, 0) is 43.1 Å². The number of halogens is 5. The van der Waals surface area contributed by atoms with Crippen molar-refractivity contribution in [3.8, 4) is 5.88 Å². The van der Waals surface area contributed by atoms with Crippen molar-refractivity contribution in [2.75, 3.05) is 40.6 Å². The zero-order valence-corrected chi connectivity index (χ0v) is 58.6. The molecule has 0 radical (unpaired) electrons. The Morgan fingerprint density at radius 3 is 1.53 bits per heavy atom. The second kappa shape index (κ2) is 29.4. The number of ether oxygens (including phenoxy) is 3. The van der Waals surface area contributed by atoms with Crippen LogP contribution in [0.15, 0.2) is 59.0 Å². The van der Waals surface area contributed by atoms with Gasteiger partial charge >= 0.3 is 138 Å². The number of thioether (sulfide) groups is 2. The first-order chi connectivity index (χ1) is 35.8. The maximum Gasteiger partial charge on any atom is 1.00 e. The summed E-state index contributed by atoms with van der Waals surface area (Å²) in [6.45, 7) is 5.21. The molecule has 6 aliphatic rings. The van der Waals surface area contributed by atoms with E-state index in [1.165, 1.54) is 86.1 Å². The van der Waals surface area contributed by atoms with Crippen molar-refractivity contribution in [1.82, 2.24) is 19.9 Å². The Hall–Kier alpha value is -1.20. The van der Waals surface area contributed by atoms with Gasteiger partial charge in [0.15, 0.2) is 45.2 Å². The van der Waals surface area contributed by atoms with Crippen LogP contribution in [-0.4, -0.2) is 104 Å². The second-order valence-corrected chi connectivity index (χ2v) is 23.0. The Labute approximate surface area is 576 Å². The first-order valence-corrected chi connectivity index (χ1v) is 26.1. The molecule has 77 heavy (non-hydrogen) atoms. The van der Waals surface area contributed by atoms with E-state index in [2.05, 4.69) is 34.8 Å². The van der Waals surface area contributed by atoms with Gasteiger partial charge in [-0.25, -0.2) is 37.5 Å². The zero-order chi connectivity index (χ0) is 54.3. The predicted octanol–water partition coefficient (Wildman–Crippen LogP) is 0.890. The number of amidine groups is 2. The van der Waals surface area contributed by atoms with Crippen molar-refractivity contribution in [2.24, 2.45) is 45.1 Å². The third-order valence-corrected chi connectivity index (χ3v) is 17.3. The molecule has 2 aromatic carbocycles. The molecule has 0 amide bonds. The van der Waals surface area contributed by atoms with Crippen molar-refractivity contribution < 1.29 is 201 Å². The van der Waals surface area contributed by atoms with E-state index in [4.69, 9.17) is 52.4 Å². The molecule has 4 aromatic rings. The standard InChI is InChI=1S/C25H28F2N4O3S.C20H19ClF2N4O2S.C5H10O.CH2O3.2Cs.H/c1-24(20-9-25(20,13-33-2)35-23(28)31-24)16-6-15(7-17(26)22(16)27)8-19(32)18-10-30-21(11-29-18)34-12-14-4-3-5-14;1-19(15-6-20(15,9-29-2)30-18(24)27-19)11-3-10(4-12(22)17(11)23)5-14(28)13-7-26-16(21)8-25-13;6-4-5-2-1-3-5;2-1-4-3;;;/h6-7,10-11,14,20H,3-5,8-9,12-13H2,1-2H3,(H2,28,31);3-4,7-8,15H,5-6,9H2,1-2H3,(H2,24,27);5-6H,1-4H2;1,3H;;;/q;;;;2*+1;-1/p-1/t20-,24+,25+;15-,19+,20+;;;;;/m00...../s1. The number of hydrogen-bond donors (Lipinski definition) is 3. The van der Waals surface area contributed by atoms with E-state index in [9.17, 15) is 22.8 Å². The van der Waals surface area contributed by atoms with Gasteiger partial charge in [-0.1, -0.05) is 48.0 Å². The molecular weight excluding hydrogens is 1310 g/mol. The first kappa shape index (κ1) is 66.6. The molecule has 0 bridgehead atoms. The van der Waals surface area contributed by atoms with Crippen molar-refractivity contribution >= 4 is 63.5 Å². The largest absolute Gasteiger partial charge is 1.00 e. The van der Waals surface area contributed by atoms with Gasteiger partial charge in [-0.3, -0.25) is 24.4 Å². The molecule has 2 aliphatic heterocycles. The van der Waals surface area contributed by atoms with E-state index in [-0.39, 0.29) is 219 Å². The number of aliphatic hydroxyl groups excluding tert-OH is 1. The Bertz CT molecular complexity index is 2800. The fourth-order valence-corrected chi connectivity index (χ4v) is 13.0. The number of Topliss-reactive ketones (excluding diaryl/α,β-unsaturated/α-hetero) is 2. The topological polar surface area (TPSA) is 260 Å². The average molecular weight is 1370 g/mol. The maximum atomic E-state index is 15.1. The molecule has 2 aromatic heterocycles. The van der Waals surface area contributed by atoms with Crippen LogP contribution >= 0.6 is 35.1 Å². The molecule has 10 rings (SSSR count). The Kier molecular flexibility index (Phi) is 25.4. The van der Waals surface area contributed by atoms with Crippen molar-refractivity contribution in [3.63, 3.8) is 0 Å². The van der Waals surface area contributed by atoms with Crippen LogP contribution in [0.25, 0.3) is 0 Å². The summed E-state index contributed by atoms with van der Waals surface area (Å²) in [5.74, 6) is -3.30. The minimum Gasteiger partial charge on any atom is -1.00 e. The van der Waals surface area contributed by atoms with E-state index in [0.29, 0.717) is 65.6 Å². The van der Waals surface area contributed by atoms with Gasteiger partial charge in [0.2, 0.25) is 5.88 Å². The van der Waals surface area contributed by atoms with E-state index in [0.717, 1.165) is 37.8 Å². The van der Waals surface area contributed by atoms with Gasteiger partial charge in [0.1, 0.15) is 16.5 Å². The quantitative estimate of drug-likeness (QED) is 0.0436. The van der Waals surface area contributed by atoms with E-state index in [1.54, 1.807) is 28.1 Å². The summed E-state index contributed by atoms with van der Waals surface area (Å²) < 4.78 is 74.9. The minimum absolute atomic E-state index is 0. The van der Waals surface area contributed by atoms with Gasteiger partial charge in [-0.05, 0) is 99.6 Å². The summed E-state index contributed by atoms with van der Waals surface area (Å²) in [6.07, 6.45) is 13.8. The van der Waals surface area contributed by atoms with Gasteiger partial charge < -0.3 is 42.4 Å². The molecule has 0 unspecified atom stereocenters. The number of nitrogens with two attached hydrogens (primary N) is 2. The molecule has 4 saturated carbocycles. The minimum atomic E-state index is -1.06. The number of benzene rings is 2. The molecule has 0 spiro atoms. The normalized spacial score (nSPS) is 25.3. The third kappa shape index (κ3) is 16.1. The molecule has 17 nitrogen and oxygen atoms in total. The summed E-state index contributed by atoms with van der Waals surface area (Å²) in [4.78, 5) is 61.7. The number of rotatable bonds is 17. The monoisotopic (exact) mass is 1370 g/mol. The van der Waals surface area contributed by atoms with Crippen molar-refractivity contribution in [3.05, 3.63) is 111 Å². The predicted molar refractivity (Wildman–Crippen MR) is 272 cm³/mol. The summed E-state index contributed by atoms with van der Waals surface area (Å²) in [5.41, 5.74) is 11.1. The van der Waals surface area contributed by atoms with Crippen LogP contribution in [0.1, 0.15) is 110 Å². The van der Waals surface area contributed by atoms with E-state index >= 15 is 4.39 Å². The fraction of sp³-hybridized carbons (Fsp3) is 0.510. The maximum absolute atomic E-state index is 15.1. The molecule has 4 aliphatic carbocycles. The number of aliphatic hydroxyl groups is 1. The van der Waals surface area contributed by atoms with Gasteiger partial charge in [0, 0.05) is 56.6 Å². The smallest absolute Gasteiger partial charge is 1.00 e. The van der Waals surface area contributed by atoms with Crippen LogP contribution < -0.4 is 159 Å². The third-order valence-electron chi connectivity index (χ3n) is 14.5. The number of nitrogens with zero attached hydrogens (tertiary/aromatic N) is 6. The molecule has 26 heteroatoms. The van der Waals surface area contributed by atoms with Crippen LogP contribution in [0.4, 0.5) is 17.6 Å². The van der Waals surface area contributed by atoms with Gasteiger partial charge in [-0.2, -0.15) is 0 Å². The van der Waals surface area contributed by atoms with Crippen molar-refractivity contribution in [1.29, 1.82) is 0 Å². The Morgan fingerprint density at radius 2 is 1.19 bits per heavy atom. The number of hydrogen-bond acceptors (Lipinski definition) is 19. The van der Waals surface area contributed by atoms with Crippen molar-refractivity contribution in [2.45, 2.75) is 98.6 Å². The molecule has 4 fully saturated rings. The van der Waals surface area contributed by atoms with E-state index < -0.39 is 34.3 Å². The summed E-state index contributed by atoms with van der Waals surface area (Å²) in [7, 11) is 3.20.